The number of carbonyl (C=O) groups excluding carboxylic acids is 3. The number of methoxy groups -OCH3 is 1. The highest BCUT2D eigenvalue weighted by atomic mass is 16.5. The van der Waals surface area contributed by atoms with E-state index in [4.69, 9.17) is 4.74 Å². The number of likely N-dealkylation sites (tertiary alicyclic amines) is 1. The van der Waals surface area contributed by atoms with Gasteiger partial charge in [0.05, 0.1) is 30.1 Å². The van der Waals surface area contributed by atoms with Gasteiger partial charge in [-0.2, -0.15) is 0 Å². The van der Waals surface area contributed by atoms with Crippen LogP contribution < -0.4 is 10.1 Å². The van der Waals surface area contributed by atoms with Crippen LogP contribution in [0.4, 0.5) is 5.69 Å². The fourth-order valence-electron chi connectivity index (χ4n) is 5.39. The van der Waals surface area contributed by atoms with Crippen molar-refractivity contribution < 1.29 is 19.1 Å². The van der Waals surface area contributed by atoms with Crippen molar-refractivity contribution in [3.63, 3.8) is 0 Å². The number of fused-ring (bicyclic) bond motifs is 6. The van der Waals surface area contributed by atoms with E-state index >= 15 is 0 Å². The van der Waals surface area contributed by atoms with Crippen LogP contribution in [0.1, 0.15) is 19.3 Å². The predicted octanol–water partition coefficient (Wildman–Crippen LogP) is 2.21. The van der Waals surface area contributed by atoms with Gasteiger partial charge in [-0.1, -0.05) is 0 Å². The summed E-state index contributed by atoms with van der Waals surface area (Å²) in [5.74, 6) is 0.138. The zero-order valence-electron chi connectivity index (χ0n) is 15.6. The van der Waals surface area contributed by atoms with Crippen LogP contribution in [0, 0.1) is 23.7 Å². The molecule has 3 aliphatic rings. The molecule has 0 unspecified atom stereocenters. The first-order valence-electron chi connectivity index (χ1n) is 9.65. The molecule has 0 spiro atoms. The Bertz CT molecular complexity index is 976. The molecule has 2 bridgehead atoms. The Morgan fingerprint density at radius 3 is 2.57 bits per heavy atom. The van der Waals surface area contributed by atoms with Gasteiger partial charge in [0.15, 0.2) is 0 Å². The van der Waals surface area contributed by atoms with Crippen LogP contribution in [0.3, 0.4) is 0 Å². The number of ether oxygens (including phenoxy) is 1. The van der Waals surface area contributed by atoms with Crippen molar-refractivity contribution in [2.24, 2.45) is 23.7 Å². The molecule has 7 nitrogen and oxygen atoms in total. The third-order valence-corrected chi connectivity index (χ3v) is 6.54. The first-order chi connectivity index (χ1) is 13.6. The van der Waals surface area contributed by atoms with Gasteiger partial charge in [-0.05, 0) is 55.4 Å². The number of rotatable bonds is 4. The highest BCUT2D eigenvalue weighted by molar-refractivity contribution is 6.10. The monoisotopic (exact) mass is 379 g/mol. The molecule has 28 heavy (non-hydrogen) atoms. The molecule has 2 saturated carbocycles. The van der Waals surface area contributed by atoms with Crippen LogP contribution >= 0.6 is 0 Å². The number of nitrogens with zero attached hydrogens (tertiary/aromatic N) is 2. The number of carbonyl (C=O) groups is 3. The Morgan fingerprint density at radius 2 is 1.89 bits per heavy atom. The normalized spacial score (nSPS) is 28.1. The number of imide groups is 1. The summed E-state index contributed by atoms with van der Waals surface area (Å²) in [5.41, 5.74) is 1.13. The van der Waals surface area contributed by atoms with E-state index < -0.39 is 5.91 Å². The van der Waals surface area contributed by atoms with Gasteiger partial charge in [0, 0.05) is 11.6 Å². The standard InChI is InChI=1S/C21H21N3O4/c1-28-15-7-6-14(19-13(15)3-2-8-22-19)23-16(25)10-24-20(26)17-11-4-5-12(9-11)18(17)21(24)27/h2-3,6-8,11-12,17-18H,4-5,9-10H2,1H3,(H,23,25)/t11-,12-,17-,18-/m0/s1. The number of aromatic nitrogens is 1. The van der Waals surface area contributed by atoms with Gasteiger partial charge in [0.1, 0.15) is 12.3 Å². The van der Waals surface area contributed by atoms with Crippen LogP contribution in [-0.4, -0.2) is 41.3 Å². The summed E-state index contributed by atoms with van der Waals surface area (Å²) in [5, 5.41) is 3.58. The number of benzene rings is 1. The minimum Gasteiger partial charge on any atom is -0.496 e. The summed E-state index contributed by atoms with van der Waals surface area (Å²) in [6, 6.07) is 7.13. The van der Waals surface area contributed by atoms with Gasteiger partial charge < -0.3 is 10.1 Å². The molecule has 2 aliphatic carbocycles. The maximum atomic E-state index is 12.8. The lowest BCUT2D eigenvalue weighted by atomic mass is 9.81. The molecule has 1 aromatic heterocycles. The summed E-state index contributed by atoms with van der Waals surface area (Å²) >= 11 is 0. The minimum atomic E-state index is -0.397. The van der Waals surface area contributed by atoms with Crippen LogP contribution in [0.25, 0.3) is 10.9 Å². The molecular weight excluding hydrogens is 358 g/mol. The van der Waals surface area contributed by atoms with Crippen LogP contribution in [0.5, 0.6) is 5.75 Å². The molecule has 7 heteroatoms. The molecule has 144 valence electrons. The predicted molar refractivity (Wildman–Crippen MR) is 101 cm³/mol. The molecule has 4 atom stereocenters. The SMILES string of the molecule is COc1ccc(NC(=O)CN2C(=O)[C@H]3[C@H]4CC[C@@H](C4)[C@@H]3C2=O)c2ncccc12. The molecule has 1 N–H and O–H groups in total. The Labute approximate surface area is 162 Å². The van der Waals surface area contributed by atoms with Crippen molar-refractivity contribution in [3.05, 3.63) is 30.5 Å². The van der Waals surface area contributed by atoms with Crippen molar-refractivity contribution in [1.82, 2.24) is 9.88 Å². The molecule has 1 saturated heterocycles. The molecule has 5 rings (SSSR count). The topological polar surface area (TPSA) is 88.6 Å². The molecular formula is C21H21N3O4. The second-order valence-corrected chi connectivity index (χ2v) is 7.91. The molecule has 0 radical (unpaired) electrons. The lowest BCUT2D eigenvalue weighted by molar-refractivity contribution is -0.143. The number of pyridine rings is 1. The van der Waals surface area contributed by atoms with Crippen molar-refractivity contribution >= 4 is 34.3 Å². The largest absolute Gasteiger partial charge is 0.496 e. The fourth-order valence-corrected chi connectivity index (χ4v) is 5.39. The Kier molecular flexibility index (Phi) is 3.86. The van der Waals surface area contributed by atoms with E-state index in [0.717, 1.165) is 29.5 Å². The maximum Gasteiger partial charge on any atom is 0.244 e. The van der Waals surface area contributed by atoms with Crippen molar-refractivity contribution in [2.45, 2.75) is 19.3 Å². The second-order valence-electron chi connectivity index (χ2n) is 7.91. The Hall–Kier alpha value is -2.96. The quantitative estimate of drug-likeness (QED) is 0.823. The molecule has 2 aromatic rings. The van der Waals surface area contributed by atoms with E-state index in [2.05, 4.69) is 10.3 Å². The number of hydrogen-bond acceptors (Lipinski definition) is 5. The summed E-state index contributed by atoms with van der Waals surface area (Å²) in [6.45, 7) is -0.246. The highest BCUT2D eigenvalue weighted by Crippen LogP contribution is 2.56. The number of nitrogens with one attached hydrogen (secondary N) is 1. The third-order valence-electron chi connectivity index (χ3n) is 6.54. The van der Waals surface area contributed by atoms with Gasteiger partial charge in [0.25, 0.3) is 0 Å². The van der Waals surface area contributed by atoms with Gasteiger partial charge in [-0.15, -0.1) is 0 Å². The lowest BCUT2D eigenvalue weighted by Crippen LogP contribution is -2.39. The highest BCUT2D eigenvalue weighted by Gasteiger charge is 2.60. The third kappa shape index (κ3) is 2.42. The average molecular weight is 379 g/mol. The second kappa shape index (κ2) is 6.29. The minimum absolute atomic E-state index is 0.171. The first kappa shape index (κ1) is 17.2. The zero-order valence-corrected chi connectivity index (χ0v) is 15.6. The molecule has 1 aromatic carbocycles. The van der Waals surface area contributed by atoms with E-state index in [1.54, 1.807) is 31.5 Å². The maximum absolute atomic E-state index is 12.8. The molecule has 3 fully saturated rings. The summed E-state index contributed by atoms with van der Waals surface area (Å²) in [7, 11) is 1.58. The van der Waals surface area contributed by atoms with Crippen molar-refractivity contribution in [3.8, 4) is 5.75 Å². The van der Waals surface area contributed by atoms with Crippen LogP contribution in [0.15, 0.2) is 30.5 Å². The van der Waals surface area contributed by atoms with Crippen molar-refractivity contribution in [2.75, 3.05) is 19.0 Å². The van der Waals surface area contributed by atoms with Crippen molar-refractivity contribution in [1.29, 1.82) is 0 Å². The van der Waals surface area contributed by atoms with Crippen LogP contribution in [0.2, 0.25) is 0 Å². The summed E-state index contributed by atoms with van der Waals surface area (Å²) in [6.07, 6.45) is 4.67. The van der Waals surface area contributed by atoms with Crippen LogP contribution in [-0.2, 0) is 14.4 Å². The Morgan fingerprint density at radius 1 is 1.18 bits per heavy atom. The van der Waals surface area contributed by atoms with E-state index in [9.17, 15) is 14.4 Å². The number of anilines is 1. The number of hydrogen-bond donors (Lipinski definition) is 1. The number of amides is 3. The average Bonchev–Trinajstić information content (AvgIpc) is 3.38. The Balaban J connectivity index is 1.36. The fraction of sp³-hybridized carbons (Fsp3) is 0.429. The molecule has 2 heterocycles. The van der Waals surface area contributed by atoms with E-state index in [0.29, 0.717) is 28.8 Å². The van der Waals surface area contributed by atoms with E-state index in [1.165, 1.54) is 0 Å². The summed E-state index contributed by atoms with van der Waals surface area (Å²) < 4.78 is 5.34. The summed E-state index contributed by atoms with van der Waals surface area (Å²) in [4.78, 5) is 43.7. The van der Waals surface area contributed by atoms with Gasteiger partial charge in [-0.3, -0.25) is 24.3 Å². The smallest absolute Gasteiger partial charge is 0.244 e. The molecule has 3 amide bonds. The van der Waals surface area contributed by atoms with Gasteiger partial charge >= 0.3 is 0 Å². The zero-order chi connectivity index (χ0) is 19.4. The van der Waals surface area contributed by atoms with Gasteiger partial charge in [-0.25, -0.2) is 0 Å². The first-order valence-corrected chi connectivity index (χ1v) is 9.65. The lowest BCUT2D eigenvalue weighted by Gasteiger charge is -2.19. The van der Waals surface area contributed by atoms with E-state index in [1.807, 2.05) is 6.07 Å². The van der Waals surface area contributed by atoms with E-state index in [-0.39, 0.29) is 30.2 Å². The van der Waals surface area contributed by atoms with Gasteiger partial charge in [0.2, 0.25) is 17.7 Å². The molecule has 1 aliphatic heterocycles.